The highest BCUT2D eigenvalue weighted by molar-refractivity contribution is 7.09. The Labute approximate surface area is 115 Å². The molecule has 2 aliphatic carbocycles. The molecular weight excluding hydrogens is 264 g/mol. The number of anilines is 1. The number of carbonyl (C=O) groups excluding carboxylic acids is 1. The first-order valence-electron chi connectivity index (χ1n) is 6.45. The lowest BCUT2D eigenvalue weighted by molar-refractivity contribution is 0.238. The topological polar surface area (TPSA) is 87.1 Å². The molecule has 1 fully saturated rings. The third-order valence-corrected chi connectivity index (χ3v) is 3.97. The van der Waals surface area contributed by atoms with Gasteiger partial charge in [-0.05, 0) is 19.3 Å². The minimum Gasteiger partial charge on any atom is -0.396 e. The van der Waals surface area contributed by atoms with Gasteiger partial charge in [-0.25, -0.2) is 9.78 Å². The van der Waals surface area contributed by atoms with Gasteiger partial charge in [-0.15, -0.1) is 0 Å². The SMILES string of the molecule is O=C(Nc1nc(C2CC2)ns1)N[C@@H]1C=C[C@H](CO)C1. The molecule has 1 saturated carbocycles. The van der Waals surface area contributed by atoms with E-state index in [-0.39, 0.29) is 24.6 Å². The standard InChI is InChI=1S/C12H16N4O2S/c17-6-7-1-4-9(5-7)13-11(18)15-12-14-10(16-19-12)8-2-3-8/h1,4,7-9,17H,2-3,5-6H2,(H2,13,14,15,16,18)/t7-,9+/m0/s1. The summed E-state index contributed by atoms with van der Waals surface area (Å²) in [6.45, 7) is 0.122. The highest BCUT2D eigenvalue weighted by atomic mass is 32.1. The van der Waals surface area contributed by atoms with Crippen LogP contribution >= 0.6 is 11.5 Å². The molecule has 0 aliphatic heterocycles. The normalized spacial score (nSPS) is 25.5. The Hall–Kier alpha value is -1.47. The monoisotopic (exact) mass is 280 g/mol. The number of carbonyl (C=O) groups is 1. The van der Waals surface area contributed by atoms with Crippen molar-refractivity contribution in [3.63, 3.8) is 0 Å². The van der Waals surface area contributed by atoms with E-state index in [9.17, 15) is 4.79 Å². The quantitative estimate of drug-likeness (QED) is 0.729. The number of nitrogens with one attached hydrogen (secondary N) is 2. The van der Waals surface area contributed by atoms with Gasteiger partial charge in [0.2, 0.25) is 5.13 Å². The summed E-state index contributed by atoms with van der Waals surface area (Å²) in [6.07, 6.45) is 6.89. The van der Waals surface area contributed by atoms with Crippen LogP contribution in [0.15, 0.2) is 12.2 Å². The number of nitrogens with zero attached hydrogens (tertiary/aromatic N) is 2. The highest BCUT2D eigenvalue weighted by Crippen LogP contribution is 2.39. The zero-order valence-electron chi connectivity index (χ0n) is 10.4. The number of aliphatic hydroxyl groups is 1. The van der Waals surface area contributed by atoms with Crippen molar-refractivity contribution in [3.05, 3.63) is 18.0 Å². The molecule has 2 amide bonds. The maximum Gasteiger partial charge on any atom is 0.321 e. The van der Waals surface area contributed by atoms with Crippen LogP contribution in [0.3, 0.4) is 0 Å². The average Bonchev–Trinajstić information content (AvgIpc) is 2.98. The molecule has 1 heterocycles. The van der Waals surface area contributed by atoms with Gasteiger partial charge in [-0.2, -0.15) is 4.37 Å². The van der Waals surface area contributed by atoms with E-state index >= 15 is 0 Å². The van der Waals surface area contributed by atoms with Gasteiger partial charge < -0.3 is 10.4 Å². The van der Waals surface area contributed by atoms with Crippen molar-refractivity contribution in [1.82, 2.24) is 14.7 Å². The molecule has 102 valence electrons. The second-order valence-corrected chi connectivity index (χ2v) is 5.75. The summed E-state index contributed by atoms with van der Waals surface area (Å²) in [6, 6.07) is -0.292. The third-order valence-electron chi connectivity index (χ3n) is 3.33. The number of hydrogen-bond donors (Lipinski definition) is 3. The molecule has 6 nitrogen and oxygen atoms in total. The zero-order valence-corrected chi connectivity index (χ0v) is 11.2. The van der Waals surface area contributed by atoms with Crippen LogP contribution in [0.25, 0.3) is 0 Å². The zero-order chi connectivity index (χ0) is 13.2. The third kappa shape index (κ3) is 3.10. The highest BCUT2D eigenvalue weighted by Gasteiger charge is 2.28. The molecule has 2 atom stereocenters. The molecule has 19 heavy (non-hydrogen) atoms. The number of rotatable bonds is 4. The van der Waals surface area contributed by atoms with Crippen LogP contribution in [0.4, 0.5) is 9.93 Å². The Balaban J connectivity index is 1.49. The molecule has 0 saturated heterocycles. The van der Waals surface area contributed by atoms with Crippen molar-refractivity contribution < 1.29 is 9.90 Å². The van der Waals surface area contributed by atoms with E-state index in [1.807, 2.05) is 12.2 Å². The van der Waals surface area contributed by atoms with Gasteiger partial charge in [0.25, 0.3) is 0 Å². The first-order valence-corrected chi connectivity index (χ1v) is 7.22. The Morgan fingerprint density at radius 2 is 2.32 bits per heavy atom. The number of aliphatic hydroxyl groups excluding tert-OH is 1. The van der Waals surface area contributed by atoms with Gasteiger partial charge in [0.1, 0.15) is 5.82 Å². The lowest BCUT2D eigenvalue weighted by Crippen LogP contribution is -2.36. The molecule has 0 bridgehead atoms. The maximum absolute atomic E-state index is 11.8. The molecule has 0 unspecified atom stereocenters. The molecule has 0 radical (unpaired) electrons. The molecule has 0 spiro atoms. The van der Waals surface area contributed by atoms with Crippen molar-refractivity contribution in [3.8, 4) is 0 Å². The summed E-state index contributed by atoms with van der Waals surface area (Å²) >= 11 is 1.22. The first kappa shape index (κ1) is 12.6. The smallest absolute Gasteiger partial charge is 0.321 e. The number of amides is 2. The van der Waals surface area contributed by atoms with Crippen LogP contribution < -0.4 is 10.6 Å². The second-order valence-electron chi connectivity index (χ2n) is 5.00. The summed E-state index contributed by atoms with van der Waals surface area (Å²) in [4.78, 5) is 16.1. The summed E-state index contributed by atoms with van der Waals surface area (Å²) in [7, 11) is 0. The van der Waals surface area contributed by atoms with Crippen molar-refractivity contribution in [1.29, 1.82) is 0 Å². The Morgan fingerprint density at radius 3 is 3.00 bits per heavy atom. The van der Waals surface area contributed by atoms with Crippen molar-refractivity contribution in [2.75, 3.05) is 11.9 Å². The van der Waals surface area contributed by atoms with E-state index in [4.69, 9.17) is 5.11 Å². The van der Waals surface area contributed by atoms with Gasteiger partial charge in [0.05, 0.1) is 0 Å². The second kappa shape index (κ2) is 5.26. The van der Waals surface area contributed by atoms with Crippen molar-refractivity contribution >= 4 is 22.7 Å². The fourth-order valence-electron chi connectivity index (χ4n) is 2.11. The van der Waals surface area contributed by atoms with Crippen LogP contribution in [0.5, 0.6) is 0 Å². The average molecular weight is 280 g/mol. The Bertz CT molecular complexity index is 498. The minimum atomic E-state index is -0.272. The van der Waals surface area contributed by atoms with E-state index in [1.165, 1.54) is 11.5 Å². The van der Waals surface area contributed by atoms with E-state index < -0.39 is 0 Å². The fourth-order valence-corrected chi connectivity index (χ4v) is 2.75. The summed E-state index contributed by atoms with van der Waals surface area (Å²) < 4.78 is 4.23. The lowest BCUT2D eigenvalue weighted by Gasteiger charge is -2.12. The molecule has 7 heteroatoms. The van der Waals surface area contributed by atoms with Gasteiger partial charge in [0.15, 0.2) is 0 Å². The molecule has 3 rings (SSSR count). The van der Waals surface area contributed by atoms with E-state index in [2.05, 4.69) is 20.0 Å². The van der Waals surface area contributed by atoms with Gasteiger partial charge in [0, 0.05) is 36.0 Å². The Morgan fingerprint density at radius 1 is 1.47 bits per heavy atom. The molecule has 3 N–H and O–H groups in total. The maximum atomic E-state index is 11.8. The Kier molecular flexibility index (Phi) is 3.48. The van der Waals surface area contributed by atoms with Crippen molar-refractivity contribution in [2.24, 2.45) is 5.92 Å². The van der Waals surface area contributed by atoms with Gasteiger partial charge >= 0.3 is 6.03 Å². The minimum absolute atomic E-state index is 0.0204. The predicted molar refractivity (Wildman–Crippen MR) is 72.2 cm³/mol. The fraction of sp³-hybridized carbons (Fsp3) is 0.583. The molecule has 0 aromatic carbocycles. The number of urea groups is 1. The van der Waals surface area contributed by atoms with Crippen LogP contribution in [0.2, 0.25) is 0 Å². The summed E-state index contributed by atoms with van der Waals surface area (Å²) in [5, 5.41) is 15.1. The van der Waals surface area contributed by atoms with E-state index in [1.54, 1.807) is 0 Å². The van der Waals surface area contributed by atoms with Gasteiger partial charge in [-0.3, -0.25) is 5.32 Å². The summed E-state index contributed by atoms with van der Waals surface area (Å²) in [5.41, 5.74) is 0. The van der Waals surface area contributed by atoms with Crippen LogP contribution in [-0.2, 0) is 0 Å². The van der Waals surface area contributed by atoms with Gasteiger partial charge in [-0.1, -0.05) is 12.2 Å². The first-order chi connectivity index (χ1) is 9.24. The number of hydrogen-bond acceptors (Lipinski definition) is 5. The van der Waals surface area contributed by atoms with Crippen molar-refractivity contribution in [2.45, 2.75) is 31.2 Å². The predicted octanol–water partition coefficient (Wildman–Crippen LogP) is 1.47. The molecule has 2 aliphatic rings. The van der Waals surface area contributed by atoms with E-state index in [0.717, 1.165) is 25.1 Å². The largest absolute Gasteiger partial charge is 0.396 e. The lowest BCUT2D eigenvalue weighted by atomic mass is 10.1. The molecule has 1 aromatic rings. The molecule has 1 aromatic heterocycles. The van der Waals surface area contributed by atoms with E-state index in [0.29, 0.717) is 11.0 Å². The van der Waals surface area contributed by atoms with Crippen LogP contribution in [0.1, 0.15) is 31.0 Å². The summed E-state index contributed by atoms with van der Waals surface area (Å²) in [5.74, 6) is 1.49. The number of aromatic nitrogens is 2. The van der Waals surface area contributed by atoms with Crippen LogP contribution in [0, 0.1) is 5.92 Å². The molecular formula is C12H16N4O2S. The van der Waals surface area contributed by atoms with Crippen LogP contribution in [-0.4, -0.2) is 33.1 Å².